The average Bonchev–Trinajstić information content (AvgIpc) is 2.86. The number of allylic oxidation sites excluding steroid dienone is 1. The molecule has 1 N–H and O–H groups in total. The Labute approximate surface area is 148 Å². The molecule has 0 fully saturated rings. The number of nitrogens with zero attached hydrogens (tertiary/aromatic N) is 1. The quantitative estimate of drug-likeness (QED) is 0.798. The van der Waals surface area contributed by atoms with Crippen molar-refractivity contribution in [2.24, 2.45) is 0 Å². The van der Waals surface area contributed by atoms with Gasteiger partial charge in [-0.3, -0.25) is 4.98 Å². The Bertz CT molecular complexity index is 687. The maximum Gasteiger partial charge on any atom is 0.137 e. The summed E-state index contributed by atoms with van der Waals surface area (Å²) in [4.78, 5) is 4.53. The van der Waals surface area contributed by atoms with Gasteiger partial charge in [0.1, 0.15) is 5.75 Å². The molecule has 0 saturated carbocycles. The Morgan fingerprint density at radius 1 is 1.21 bits per heavy atom. The van der Waals surface area contributed by atoms with Gasteiger partial charge < -0.3 is 10.1 Å². The smallest absolute Gasteiger partial charge is 0.137 e. The zero-order chi connectivity index (χ0) is 16.8. The molecule has 1 heterocycles. The molecule has 0 amide bonds. The van der Waals surface area contributed by atoms with Crippen molar-refractivity contribution in [3.05, 3.63) is 71.0 Å². The van der Waals surface area contributed by atoms with Gasteiger partial charge in [-0.05, 0) is 49.1 Å². The molecule has 3 rings (SSSR count). The molecule has 1 aliphatic carbocycles. The number of pyridine rings is 1. The summed E-state index contributed by atoms with van der Waals surface area (Å²) >= 11 is 6.21. The van der Waals surface area contributed by atoms with Crippen molar-refractivity contribution >= 4 is 11.6 Å². The van der Waals surface area contributed by atoms with E-state index < -0.39 is 0 Å². The molecule has 0 aliphatic heterocycles. The number of ether oxygens (including phenoxy) is 1. The molecule has 1 aromatic heterocycles. The number of halogens is 1. The maximum atomic E-state index is 6.21. The summed E-state index contributed by atoms with van der Waals surface area (Å²) in [5.74, 6) is 1.19. The summed E-state index contributed by atoms with van der Waals surface area (Å²) in [6.45, 7) is 0.803. The largest absolute Gasteiger partial charge is 0.495 e. The monoisotopic (exact) mass is 342 g/mol. The lowest BCUT2D eigenvalue weighted by Gasteiger charge is -2.21. The van der Waals surface area contributed by atoms with Crippen molar-refractivity contribution in [3.63, 3.8) is 0 Å². The van der Waals surface area contributed by atoms with Crippen LogP contribution in [0.5, 0.6) is 5.75 Å². The van der Waals surface area contributed by atoms with Gasteiger partial charge in [0.05, 0.1) is 12.1 Å². The minimum absolute atomic E-state index is 0.441. The Kier molecular flexibility index (Phi) is 5.89. The fourth-order valence-electron chi connectivity index (χ4n) is 3.16. The van der Waals surface area contributed by atoms with E-state index in [0.717, 1.165) is 25.8 Å². The van der Waals surface area contributed by atoms with Crippen LogP contribution in [0.1, 0.15) is 36.4 Å². The van der Waals surface area contributed by atoms with E-state index in [1.54, 1.807) is 7.11 Å². The number of benzene rings is 1. The predicted molar refractivity (Wildman–Crippen MR) is 98.6 cm³/mol. The first-order valence-corrected chi connectivity index (χ1v) is 8.76. The molecular weight excluding hydrogens is 320 g/mol. The lowest BCUT2D eigenvalue weighted by Crippen LogP contribution is -2.29. The second-order valence-electron chi connectivity index (χ2n) is 6.18. The second-order valence-corrected chi connectivity index (χ2v) is 6.58. The van der Waals surface area contributed by atoms with E-state index in [0.29, 0.717) is 22.7 Å². The fourth-order valence-corrected chi connectivity index (χ4v) is 3.44. The average molecular weight is 343 g/mol. The van der Waals surface area contributed by atoms with Crippen molar-refractivity contribution in [1.82, 2.24) is 10.3 Å². The zero-order valence-electron chi connectivity index (χ0n) is 13.9. The SMILES string of the molecule is COc1ccc(CNC2CC=CCC(c3ccccn3)C2)cc1Cl. The van der Waals surface area contributed by atoms with Gasteiger partial charge in [-0.25, -0.2) is 0 Å². The summed E-state index contributed by atoms with van der Waals surface area (Å²) in [6.07, 6.45) is 9.64. The highest BCUT2D eigenvalue weighted by molar-refractivity contribution is 6.32. The number of aromatic nitrogens is 1. The lowest BCUT2D eigenvalue weighted by molar-refractivity contribution is 0.414. The molecule has 126 valence electrons. The molecule has 0 radical (unpaired) electrons. The molecule has 4 heteroatoms. The van der Waals surface area contributed by atoms with Crippen molar-refractivity contribution in [3.8, 4) is 5.75 Å². The van der Waals surface area contributed by atoms with Crippen LogP contribution in [0.3, 0.4) is 0 Å². The minimum Gasteiger partial charge on any atom is -0.495 e. The third-order valence-electron chi connectivity index (χ3n) is 4.49. The number of methoxy groups -OCH3 is 1. The first-order chi connectivity index (χ1) is 11.8. The lowest BCUT2D eigenvalue weighted by atomic mass is 9.94. The number of hydrogen-bond acceptors (Lipinski definition) is 3. The van der Waals surface area contributed by atoms with Crippen LogP contribution >= 0.6 is 11.6 Å². The molecule has 3 nitrogen and oxygen atoms in total. The van der Waals surface area contributed by atoms with Crippen LogP contribution in [0.15, 0.2) is 54.7 Å². The molecule has 0 bridgehead atoms. The highest BCUT2D eigenvalue weighted by Gasteiger charge is 2.19. The van der Waals surface area contributed by atoms with E-state index in [4.69, 9.17) is 16.3 Å². The van der Waals surface area contributed by atoms with Gasteiger partial charge in [0, 0.05) is 30.4 Å². The Hall–Kier alpha value is -1.84. The van der Waals surface area contributed by atoms with Crippen LogP contribution in [-0.2, 0) is 6.54 Å². The first kappa shape index (κ1) is 17.0. The van der Waals surface area contributed by atoms with Crippen LogP contribution in [0.4, 0.5) is 0 Å². The van der Waals surface area contributed by atoms with E-state index in [9.17, 15) is 0 Å². The molecule has 0 saturated heterocycles. The molecule has 24 heavy (non-hydrogen) atoms. The fraction of sp³-hybridized carbons (Fsp3) is 0.350. The normalized spacial score (nSPS) is 20.6. The zero-order valence-corrected chi connectivity index (χ0v) is 14.7. The van der Waals surface area contributed by atoms with Crippen LogP contribution in [-0.4, -0.2) is 18.1 Å². The predicted octanol–water partition coefficient (Wildman–Crippen LogP) is 4.73. The maximum absolute atomic E-state index is 6.21. The van der Waals surface area contributed by atoms with Crippen LogP contribution in [0.2, 0.25) is 5.02 Å². The van der Waals surface area contributed by atoms with E-state index in [1.807, 2.05) is 24.4 Å². The summed E-state index contributed by atoms with van der Waals surface area (Å²) in [6, 6.07) is 12.6. The van der Waals surface area contributed by atoms with Crippen molar-refractivity contribution in [2.45, 2.75) is 37.8 Å². The number of hydrogen-bond donors (Lipinski definition) is 1. The van der Waals surface area contributed by atoms with E-state index >= 15 is 0 Å². The second kappa shape index (κ2) is 8.32. The highest BCUT2D eigenvalue weighted by Crippen LogP contribution is 2.28. The summed E-state index contributed by atoms with van der Waals surface area (Å²) in [7, 11) is 1.63. The molecule has 1 aromatic carbocycles. The van der Waals surface area contributed by atoms with Crippen LogP contribution in [0.25, 0.3) is 0 Å². The minimum atomic E-state index is 0.441. The molecule has 2 unspecified atom stereocenters. The molecule has 2 aromatic rings. The summed E-state index contributed by atoms with van der Waals surface area (Å²) in [5.41, 5.74) is 2.35. The molecule has 1 aliphatic rings. The van der Waals surface area contributed by atoms with E-state index in [2.05, 4.69) is 40.7 Å². The number of nitrogens with one attached hydrogen (secondary N) is 1. The van der Waals surface area contributed by atoms with Crippen molar-refractivity contribution in [2.75, 3.05) is 7.11 Å². The molecular formula is C20H23ClN2O. The van der Waals surface area contributed by atoms with Gasteiger partial charge in [-0.1, -0.05) is 35.9 Å². The standard InChI is InChI=1S/C20H23ClN2O/c1-24-20-10-9-15(12-18(20)21)14-23-17-7-3-2-6-16(13-17)19-8-4-5-11-22-19/h2-5,8-12,16-17,23H,6-7,13-14H2,1H3. The van der Waals surface area contributed by atoms with E-state index in [1.165, 1.54) is 11.3 Å². The number of rotatable bonds is 5. The van der Waals surface area contributed by atoms with Crippen molar-refractivity contribution in [1.29, 1.82) is 0 Å². The summed E-state index contributed by atoms with van der Waals surface area (Å²) in [5, 5.41) is 4.32. The Morgan fingerprint density at radius 3 is 2.83 bits per heavy atom. The van der Waals surface area contributed by atoms with Gasteiger partial charge in [0.2, 0.25) is 0 Å². The van der Waals surface area contributed by atoms with Gasteiger partial charge in [0.15, 0.2) is 0 Å². The van der Waals surface area contributed by atoms with Crippen molar-refractivity contribution < 1.29 is 4.74 Å². The summed E-state index contributed by atoms with van der Waals surface area (Å²) < 4.78 is 5.21. The van der Waals surface area contributed by atoms with Gasteiger partial charge in [-0.2, -0.15) is 0 Å². The third-order valence-corrected chi connectivity index (χ3v) is 4.79. The van der Waals surface area contributed by atoms with E-state index in [-0.39, 0.29) is 0 Å². The topological polar surface area (TPSA) is 34.1 Å². The van der Waals surface area contributed by atoms with Gasteiger partial charge >= 0.3 is 0 Å². The molecule has 0 spiro atoms. The Morgan fingerprint density at radius 2 is 2.08 bits per heavy atom. The highest BCUT2D eigenvalue weighted by atomic mass is 35.5. The van der Waals surface area contributed by atoms with Crippen LogP contribution < -0.4 is 10.1 Å². The molecule has 2 atom stereocenters. The Balaban J connectivity index is 1.62. The first-order valence-electron chi connectivity index (χ1n) is 8.38. The third kappa shape index (κ3) is 4.37. The van der Waals surface area contributed by atoms with Gasteiger partial charge in [-0.15, -0.1) is 0 Å². The van der Waals surface area contributed by atoms with Gasteiger partial charge in [0.25, 0.3) is 0 Å². The van der Waals surface area contributed by atoms with Crippen LogP contribution in [0, 0.1) is 0 Å².